The minimum atomic E-state index is -3.71. The number of hydrogen-bond acceptors (Lipinski definition) is 4. The Morgan fingerprint density at radius 3 is 2.81 bits per heavy atom. The van der Waals surface area contributed by atoms with Gasteiger partial charge < -0.3 is 10.0 Å². The smallest absolute Gasteiger partial charge is 0.407 e. The van der Waals surface area contributed by atoms with E-state index in [4.69, 9.17) is 15.8 Å². The number of thiophene rings is 1. The van der Waals surface area contributed by atoms with Crippen LogP contribution in [0, 0.1) is 0 Å². The van der Waals surface area contributed by atoms with Crippen LogP contribution in [-0.2, 0) is 22.0 Å². The van der Waals surface area contributed by atoms with Gasteiger partial charge in [0.05, 0.1) is 6.54 Å². The van der Waals surface area contributed by atoms with Crippen LogP contribution >= 0.6 is 22.0 Å². The Bertz CT molecular complexity index is 536. The van der Waals surface area contributed by atoms with Crippen molar-refractivity contribution in [2.24, 2.45) is 0 Å². The van der Waals surface area contributed by atoms with Crippen LogP contribution in [0.5, 0.6) is 0 Å². The van der Waals surface area contributed by atoms with Gasteiger partial charge in [0, 0.05) is 22.1 Å². The van der Waals surface area contributed by atoms with E-state index in [9.17, 15) is 13.2 Å². The van der Waals surface area contributed by atoms with Crippen molar-refractivity contribution in [3.63, 3.8) is 0 Å². The summed E-state index contributed by atoms with van der Waals surface area (Å²) in [5.74, 6) is 0. The molecule has 0 unspecified atom stereocenters. The molecule has 0 saturated heterocycles. The average Bonchev–Trinajstić information content (AvgIpc) is 2.58. The highest BCUT2D eigenvalue weighted by molar-refractivity contribution is 8.15. The van der Waals surface area contributed by atoms with Gasteiger partial charge in [0.2, 0.25) is 0 Å². The van der Waals surface area contributed by atoms with E-state index in [1.165, 1.54) is 11.0 Å². The van der Waals surface area contributed by atoms with Crippen molar-refractivity contribution >= 4 is 37.2 Å². The zero-order valence-electron chi connectivity index (χ0n) is 8.01. The van der Waals surface area contributed by atoms with E-state index < -0.39 is 15.1 Å². The van der Waals surface area contributed by atoms with Crippen LogP contribution in [0.2, 0.25) is 0 Å². The Morgan fingerprint density at radius 2 is 2.25 bits per heavy atom. The van der Waals surface area contributed by atoms with Gasteiger partial charge in [0.1, 0.15) is 4.21 Å². The number of carboxylic acid groups (broad SMARTS) is 1. The lowest BCUT2D eigenvalue weighted by Crippen LogP contribution is -2.33. The molecule has 1 aliphatic heterocycles. The zero-order valence-corrected chi connectivity index (χ0v) is 10.4. The van der Waals surface area contributed by atoms with Crippen LogP contribution in [0.1, 0.15) is 10.4 Å². The molecule has 1 N–H and O–H groups in total. The summed E-state index contributed by atoms with van der Waals surface area (Å²) in [6.07, 6.45) is -0.453. The predicted octanol–water partition coefficient (Wildman–Crippen LogP) is 1.71. The third kappa shape index (κ3) is 2.16. The number of carbonyl (C=O) groups is 1. The molecule has 0 saturated carbocycles. The van der Waals surface area contributed by atoms with Gasteiger partial charge >= 0.3 is 6.09 Å². The van der Waals surface area contributed by atoms with Crippen molar-refractivity contribution in [1.82, 2.24) is 4.90 Å². The van der Waals surface area contributed by atoms with Crippen LogP contribution < -0.4 is 0 Å². The highest BCUT2D eigenvalue weighted by Gasteiger charge is 2.25. The summed E-state index contributed by atoms with van der Waals surface area (Å²) in [5.41, 5.74) is 0.734. The maximum Gasteiger partial charge on any atom is 0.407 e. The van der Waals surface area contributed by atoms with Crippen LogP contribution in [-0.4, -0.2) is 31.1 Å². The number of hydrogen-bond donors (Lipinski definition) is 1. The molecule has 2 rings (SSSR count). The summed E-state index contributed by atoms with van der Waals surface area (Å²) >= 11 is 1.12. The third-order valence-corrected chi connectivity index (χ3v) is 5.67. The van der Waals surface area contributed by atoms with Gasteiger partial charge in [-0.15, -0.1) is 11.3 Å². The molecule has 1 aliphatic rings. The number of nitrogens with zero attached hydrogens (tertiary/aromatic N) is 1. The van der Waals surface area contributed by atoms with Gasteiger partial charge in [0.25, 0.3) is 9.05 Å². The monoisotopic (exact) mass is 281 g/mol. The second-order valence-electron chi connectivity index (χ2n) is 3.41. The lowest BCUT2D eigenvalue weighted by atomic mass is 10.1. The first kappa shape index (κ1) is 11.7. The number of halogens is 1. The Morgan fingerprint density at radius 1 is 1.56 bits per heavy atom. The molecule has 0 aromatic carbocycles. The predicted molar refractivity (Wildman–Crippen MR) is 59.5 cm³/mol. The molecule has 1 aromatic rings. The highest BCUT2D eigenvalue weighted by atomic mass is 35.7. The summed E-state index contributed by atoms with van der Waals surface area (Å²) in [6, 6.07) is 1.46. The van der Waals surface area contributed by atoms with Crippen molar-refractivity contribution in [2.75, 3.05) is 6.54 Å². The molecule has 5 nitrogen and oxygen atoms in total. The minimum absolute atomic E-state index is 0.0893. The fraction of sp³-hybridized carbons (Fsp3) is 0.375. The van der Waals surface area contributed by atoms with E-state index in [2.05, 4.69) is 0 Å². The maximum atomic E-state index is 11.1. The first-order chi connectivity index (χ1) is 7.38. The van der Waals surface area contributed by atoms with Crippen LogP contribution in [0.25, 0.3) is 0 Å². The standard InChI is InChI=1S/C8H8ClNO4S2/c9-16(13,14)7-3-5-4-10(8(11)12)2-1-6(5)15-7/h3H,1-2,4H2,(H,11,12). The summed E-state index contributed by atoms with van der Waals surface area (Å²) in [5, 5.41) is 8.82. The number of rotatable bonds is 1. The lowest BCUT2D eigenvalue weighted by molar-refractivity contribution is 0.140. The Kier molecular flexibility index (Phi) is 2.85. The first-order valence-corrected chi connectivity index (χ1v) is 7.54. The van der Waals surface area contributed by atoms with Crippen molar-refractivity contribution < 1.29 is 18.3 Å². The van der Waals surface area contributed by atoms with Crippen LogP contribution in [0.3, 0.4) is 0 Å². The molecule has 88 valence electrons. The molecule has 0 atom stereocenters. The molecule has 16 heavy (non-hydrogen) atoms. The second kappa shape index (κ2) is 3.90. The minimum Gasteiger partial charge on any atom is -0.465 e. The Labute approximate surface area is 101 Å². The van der Waals surface area contributed by atoms with Crippen molar-refractivity contribution in [3.05, 3.63) is 16.5 Å². The summed E-state index contributed by atoms with van der Waals surface area (Å²) < 4.78 is 22.3. The molecule has 0 fully saturated rings. The SMILES string of the molecule is O=C(O)N1CCc2sc(S(=O)(=O)Cl)cc2C1. The van der Waals surface area contributed by atoms with E-state index in [1.54, 1.807) is 0 Å². The fourth-order valence-corrected chi connectivity index (χ4v) is 3.88. The zero-order chi connectivity index (χ0) is 11.9. The number of fused-ring (bicyclic) bond motifs is 1. The van der Waals surface area contributed by atoms with E-state index >= 15 is 0 Å². The molecule has 8 heteroatoms. The quantitative estimate of drug-likeness (QED) is 0.795. The van der Waals surface area contributed by atoms with Gasteiger partial charge in [-0.05, 0) is 18.1 Å². The Balaban J connectivity index is 2.34. The molecule has 2 heterocycles. The normalized spacial score (nSPS) is 15.9. The molecule has 1 aromatic heterocycles. The highest BCUT2D eigenvalue weighted by Crippen LogP contribution is 2.32. The molecule has 0 spiro atoms. The van der Waals surface area contributed by atoms with Crippen LogP contribution in [0.4, 0.5) is 4.79 Å². The third-order valence-electron chi connectivity index (χ3n) is 2.35. The van der Waals surface area contributed by atoms with E-state index in [1.807, 2.05) is 0 Å². The molecular formula is C8H8ClNO4S2. The summed E-state index contributed by atoms with van der Waals surface area (Å²) in [4.78, 5) is 12.9. The molecule has 0 bridgehead atoms. The second-order valence-corrected chi connectivity index (χ2v) is 7.34. The fourth-order valence-electron chi connectivity index (χ4n) is 1.59. The van der Waals surface area contributed by atoms with Crippen molar-refractivity contribution in [3.8, 4) is 0 Å². The Hall–Kier alpha value is -0.790. The van der Waals surface area contributed by atoms with Gasteiger partial charge in [0.15, 0.2) is 0 Å². The van der Waals surface area contributed by atoms with Crippen molar-refractivity contribution in [1.29, 1.82) is 0 Å². The average molecular weight is 282 g/mol. The van der Waals surface area contributed by atoms with Crippen molar-refractivity contribution in [2.45, 2.75) is 17.2 Å². The van der Waals surface area contributed by atoms with Gasteiger partial charge in [-0.25, -0.2) is 13.2 Å². The van der Waals surface area contributed by atoms with Gasteiger partial charge in [-0.3, -0.25) is 0 Å². The topological polar surface area (TPSA) is 74.7 Å². The van der Waals surface area contributed by atoms with E-state index in [0.717, 1.165) is 21.8 Å². The molecule has 1 amide bonds. The molecular weight excluding hydrogens is 274 g/mol. The number of amides is 1. The van der Waals surface area contributed by atoms with Crippen LogP contribution in [0.15, 0.2) is 10.3 Å². The van der Waals surface area contributed by atoms with Gasteiger partial charge in [-0.2, -0.15) is 0 Å². The first-order valence-electron chi connectivity index (χ1n) is 4.42. The summed E-state index contributed by atoms with van der Waals surface area (Å²) in [7, 11) is 1.52. The molecule has 0 aliphatic carbocycles. The summed E-state index contributed by atoms with van der Waals surface area (Å²) in [6.45, 7) is 0.623. The largest absolute Gasteiger partial charge is 0.465 e. The maximum absolute atomic E-state index is 11.1. The van der Waals surface area contributed by atoms with E-state index in [-0.39, 0.29) is 10.8 Å². The lowest BCUT2D eigenvalue weighted by Gasteiger charge is -2.23. The molecule has 0 radical (unpaired) electrons. The van der Waals surface area contributed by atoms with E-state index in [0.29, 0.717) is 13.0 Å². The van der Waals surface area contributed by atoms with Gasteiger partial charge in [-0.1, -0.05) is 0 Å².